The summed E-state index contributed by atoms with van der Waals surface area (Å²) in [6.45, 7) is 25.0. The van der Waals surface area contributed by atoms with Crippen molar-refractivity contribution in [3.63, 3.8) is 0 Å². The normalized spacial score (nSPS) is 18.2. The molecule has 1 aliphatic rings. The fourth-order valence-electron chi connectivity index (χ4n) is 4.32. The van der Waals surface area contributed by atoms with Crippen molar-refractivity contribution in [1.29, 1.82) is 0 Å². The highest BCUT2D eigenvalue weighted by Gasteiger charge is 2.55. The average molecular weight is 390 g/mol. The fraction of sp³-hybridized carbons (Fsp3) is 0.895. The first-order chi connectivity index (χ1) is 10.7. The average Bonchev–Trinajstić information content (AvgIpc) is 2.80. The number of hydrogen-bond acceptors (Lipinski definition) is 2. The van der Waals surface area contributed by atoms with Crippen LogP contribution in [0.3, 0.4) is 0 Å². The first-order valence-electron chi connectivity index (χ1n) is 9.14. The minimum absolute atomic E-state index is 0.362. The molecule has 6 heteroatoms. The smallest absolute Gasteiger partial charge is 0.183 e. The Hall–Kier alpha value is -0.200. The van der Waals surface area contributed by atoms with E-state index < -0.39 is 14.6 Å². The van der Waals surface area contributed by atoms with E-state index in [-0.39, 0.29) is 20.6 Å². The topological polar surface area (TPSA) is 40.6 Å². The zero-order chi connectivity index (χ0) is 20.3. The molecule has 25 heavy (non-hydrogen) atoms. The second kappa shape index (κ2) is 6.16. The molecule has 0 bridgehead atoms. The largest absolute Gasteiger partial charge is 0.308 e. The summed E-state index contributed by atoms with van der Waals surface area (Å²) in [5.41, 5.74) is 0. The zero-order valence-corrected chi connectivity index (χ0v) is 20.3. The Morgan fingerprint density at radius 2 is 0.760 bits per heavy atom. The van der Waals surface area contributed by atoms with Gasteiger partial charge in [0.1, 0.15) is 6.67 Å². The molecule has 148 valence electrons. The van der Waals surface area contributed by atoms with E-state index in [1.807, 2.05) is 105 Å². The highest BCUT2D eigenvalue weighted by atomic mass is 31.2. The molecule has 0 N–H and O–H groups in total. The first kappa shape index (κ1) is 22.8. The first-order valence-corrected chi connectivity index (χ1v) is 12.5. The molecule has 0 saturated heterocycles. The molecular weight excluding hydrogens is 350 g/mol. The predicted molar refractivity (Wildman–Crippen MR) is 112 cm³/mol. The van der Waals surface area contributed by atoms with Crippen molar-refractivity contribution in [3.8, 4) is 0 Å². The summed E-state index contributed by atoms with van der Waals surface area (Å²) in [5.74, 6) is 0. The van der Waals surface area contributed by atoms with Crippen LogP contribution in [0, 0.1) is 0 Å². The van der Waals surface area contributed by atoms with Crippen LogP contribution in [0.5, 0.6) is 0 Å². The van der Waals surface area contributed by atoms with Gasteiger partial charge in [-0.25, -0.2) is 0 Å². The van der Waals surface area contributed by atoms with Crippen molar-refractivity contribution in [2.24, 2.45) is 0 Å². The number of rotatable bonds is 2. The fourth-order valence-corrected chi connectivity index (χ4v) is 12.6. The van der Waals surface area contributed by atoms with Gasteiger partial charge in [0.05, 0.1) is 0 Å². The van der Waals surface area contributed by atoms with E-state index in [1.165, 1.54) is 0 Å². The van der Waals surface area contributed by atoms with Gasteiger partial charge in [-0.05, 0) is 0 Å². The Balaban J connectivity index is 3.41. The Morgan fingerprint density at radius 1 is 0.560 bits per heavy atom. The van der Waals surface area contributed by atoms with Gasteiger partial charge in [0, 0.05) is 33.0 Å². The molecule has 0 saturated carbocycles. The quantitative estimate of drug-likeness (QED) is 0.487. The molecule has 0 aromatic rings. The lowest BCUT2D eigenvalue weighted by Crippen LogP contribution is -2.41. The lowest BCUT2D eigenvalue weighted by Gasteiger charge is -2.49. The van der Waals surface area contributed by atoms with Gasteiger partial charge in [0.2, 0.25) is 0 Å². The summed E-state index contributed by atoms with van der Waals surface area (Å²) in [5, 5.41) is -1.45. The molecule has 0 atom stereocenters. The Labute approximate surface area is 156 Å². The molecule has 1 heterocycles. The van der Waals surface area contributed by atoms with Crippen molar-refractivity contribution in [2.75, 3.05) is 6.67 Å². The van der Waals surface area contributed by atoms with E-state index in [0.717, 1.165) is 0 Å². The molecule has 0 aliphatic carbocycles. The third kappa shape index (κ3) is 3.51. The molecule has 0 radical (unpaired) electrons. The summed E-state index contributed by atoms with van der Waals surface area (Å²) < 4.78 is 32.3. The van der Waals surface area contributed by atoms with Gasteiger partial charge in [-0.2, -0.15) is 0 Å². The second-order valence-corrected chi connectivity index (χ2v) is 19.9. The van der Waals surface area contributed by atoms with E-state index in [1.54, 1.807) is 0 Å². The van der Waals surface area contributed by atoms with Gasteiger partial charge in [0.25, 0.3) is 0 Å². The lowest BCUT2D eigenvalue weighted by molar-refractivity contribution is 0.379. The van der Waals surface area contributed by atoms with Gasteiger partial charge in [-0.3, -0.25) is 9.13 Å². The van der Waals surface area contributed by atoms with E-state index >= 15 is 0 Å². The third-order valence-electron chi connectivity index (χ3n) is 5.06. The molecule has 1 rings (SSSR count). The van der Waals surface area contributed by atoms with Crippen molar-refractivity contribution < 1.29 is 9.13 Å². The van der Waals surface area contributed by atoms with Crippen LogP contribution < -0.4 is 0 Å². The SMILES string of the molecule is CC(C)(C)P(=O)(N1C=CN(P(=O)(C(C)(C)C)C(C)(C)C)C1)C(C)(C)C. The van der Waals surface area contributed by atoms with Gasteiger partial charge in [-0.15, -0.1) is 0 Å². The summed E-state index contributed by atoms with van der Waals surface area (Å²) in [7, 11) is -5.52. The minimum Gasteiger partial charge on any atom is -0.308 e. The second-order valence-electron chi connectivity index (χ2n) is 11.2. The van der Waals surface area contributed by atoms with Crippen LogP contribution in [0.4, 0.5) is 0 Å². The van der Waals surface area contributed by atoms with Crippen LogP contribution in [0.25, 0.3) is 0 Å². The number of nitrogens with zero attached hydrogens (tertiary/aromatic N) is 2. The molecule has 0 fully saturated rings. The standard InChI is InChI=1S/C19H40N2O2P2/c1-16(2,3)24(22,17(4,5)6)20-13-14-21(15-20)25(23,18(7,8)9)19(10,11)12/h13-14H,15H2,1-12H3. The Morgan fingerprint density at radius 3 is 0.920 bits per heavy atom. The van der Waals surface area contributed by atoms with E-state index in [9.17, 15) is 9.13 Å². The Bertz CT molecular complexity index is 536. The zero-order valence-electron chi connectivity index (χ0n) is 18.5. The lowest BCUT2D eigenvalue weighted by atomic mass is 10.2. The minimum atomic E-state index is -2.76. The molecule has 4 nitrogen and oxygen atoms in total. The van der Waals surface area contributed by atoms with Crippen molar-refractivity contribution in [1.82, 2.24) is 9.34 Å². The third-order valence-corrected chi connectivity index (χ3v) is 14.3. The highest BCUT2D eigenvalue weighted by Crippen LogP contribution is 2.74. The van der Waals surface area contributed by atoms with Crippen LogP contribution in [0.2, 0.25) is 0 Å². The maximum absolute atomic E-state index is 14.2. The molecule has 0 unspecified atom stereocenters. The summed E-state index contributed by atoms with van der Waals surface area (Å²) in [4.78, 5) is 0. The number of hydrogen-bond donors (Lipinski definition) is 0. The molecular formula is C19H40N2O2P2. The monoisotopic (exact) mass is 390 g/mol. The molecule has 0 amide bonds. The molecule has 0 spiro atoms. The molecule has 1 aliphatic heterocycles. The van der Waals surface area contributed by atoms with Gasteiger partial charge < -0.3 is 9.34 Å². The van der Waals surface area contributed by atoms with Crippen LogP contribution >= 0.6 is 14.6 Å². The van der Waals surface area contributed by atoms with E-state index in [0.29, 0.717) is 6.67 Å². The summed E-state index contributed by atoms with van der Waals surface area (Å²) >= 11 is 0. The summed E-state index contributed by atoms with van der Waals surface area (Å²) in [6.07, 6.45) is 3.81. The maximum atomic E-state index is 14.2. The van der Waals surface area contributed by atoms with Gasteiger partial charge in [-0.1, -0.05) is 83.1 Å². The predicted octanol–water partition coefficient (Wildman–Crippen LogP) is 6.78. The van der Waals surface area contributed by atoms with Crippen LogP contribution in [-0.2, 0) is 9.13 Å². The van der Waals surface area contributed by atoms with Crippen LogP contribution in [0.1, 0.15) is 83.1 Å². The molecule has 0 aromatic heterocycles. The Kier molecular flexibility index (Phi) is 5.63. The molecule has 0 aromatic carbocycles. The van der Waals surface area contributed by atoms with Crippen LogP contribution in [0.15, 0.2) is 12.4 Å². The van der Waals surface area contributed by atoms with Gasteiger partial charge >= 0.3 is 0 Å². The van der Waals surface area contributed by atoms with Crippen molar-refractivity contribution >= 4 is 14.6 Å². The van der Waals surface area contributed by atoms with Crippen LogP contribution in [-0.4, -0.2) is 36.6 Å². The van der Waals surface area contributed by atoms with Crippen molar-refractivity contribution in [2.45, 2.75) is 104 Å². The van der Waals surface area contributed by atoms with Crippen molar-refractivity contribution in [3.05, 3.63) is 12.4 Å². The maximum Gasteiger partial charge on any atom is 0.183 e. The summed E-state index contributed by atoms with van der Waals surface area (Å²) in [6, 6.07) is 0. The van der Waals surface area contributed by atoms with E-state index in [2.05, 4.69) is 0 Å². The highest BCUT2D eigenvalue weighted by molar-refractivity contribution is 7.65. The van der Waals surface area contributed by atoms with E-state index in [4.69, 9.17) is 0 Å². The van der Waals surface area contributed by atoms with Gasteiger partial charge in [0.15, 0.2) is 14.6 Å².